The van der Waals surface area contributed by atoms with Crippen LogP contribution in [-0.4, -0.2) is 12.3 Å². The average Bonchev–Trinajstić information content (AvgIpc) is 2.18. The van der Waals surface area contributed by atoms with Gasteiger partial charge in [0.15, 0.2) is 0 Å². The van der Waals surface area contributed by atoms with Crippen LogP contribution >= 0.6 is 0 Å². The third-order valence-corrected chi connectivity index (χ3v) is 1.89. The third kappa shape index (κ3) is 2.63. The van der Waals surface area contributed by atoms with E-state index >= 15 is 0 Å². The van der Waals surface area contributed by atoms with Gasteiger partial charge < -0.3 is 10.5 Å². The molecule has 0 fully saturated rings. The molecule has 0 aliphatic heterocycles. The fraction of sp³-hybridized carbons (Fsp3) is 0.300. The quantitative estimate of drug-likeness (QED) is 0.710. The maximum atomic E-state index is 12.4. The highest BCUT2D eigenvalue weighted by Gasteiger charge is 2.05. The Balaban J connectivity index is 2.80. The van der Waals surface area contributed by atoms with Crippen LogP contribution in [0.4, 0.5) is 4.39 Å². The number of hydrogen-bond donors (Lipinski definition) is 1. The van der Waals surface area contributed by atoms with Gasteiger partial charge in [0.2, 0.25) is 0 Å². The van der Waals surface area contributed by atoms with E-state index in [1.54, 1.807) is 18.2 Å². The van der Waals surface area contributed by atoms with Crippen molar-refractivity contribution in [2.24, 2.45) is 5.73 Å². The molecule has 1 aromatic carbocycles. The molecule has 0 aliphatic carbocycles. The van der Waals surface area contributed by atoms with E-state index in [2.05, 4.69) is 0 Å². The minimum absolute atomic E-state index is 0.406. The number of carbonyl (C=O) groups is 1. The zero-order valence-corrected chi connectivity index (χ0v) is 7.24. The fourth-order valence-corrected chi connectivity index (χ4v) is 1.19. The minimum Gasteiger partial charge on any atom is -0.321 e. The molecule has 1 unspecified atom stereocenters. The van der Waals surface area contributed by atoms with Crippen LogP contribution in [0.15, 0.2) is 24.3 Å². The van der Waals surface area contributed by atoms with Gasteiger partial charge in [0.1, 0.15) is 13.0 Å². The standard InChI is InChI=1S/C10H12FNO/c11-6-9-4-2-1-3-8(9)5-10(12)7-13/h1-4,7,10H,5-6,12H2. The monoisotopic (exact) mass is 181 g/mol. The summed E-state index contributed by atoms with van der Waals surface area (Å²) in [6, 6.07) is 6.54. The molecule has 1 rings (SSSR count). The number of aldehydes is 1. The highest BCUT2D eigenvalue weighted by atomic mass is 19.1. The first-order valence-electron chi connectivity index (χ1n) is 4.11. The number of hydrogen-bond acceptors (Lipinski definition) is 2. The van der Waals surface area contributed by atoms with Crippen molar-refractivity contribution < 1.29 is 9.18 Å². The molecule has 0 saturated carbocycles. The van der Waals surface area contributed by atoms with Gasteiger partial charge in [0.05, 0.1) is 6.04 Å². The topological polar surface area (TPSA) is 43.1 Å². The predicted molar refractivity (Wildman–Crippen MR) is 49.0 cm³/mol. The molecule has 0 bridgehead atoms. The van der Waals surface area contributed by atoms with Crippen molar-refractivity contribution in [1.29, 1.82) is 0 Å². The molecule has 1 atom stereocenters. The number of alkyl halides is 1. The minimum atomic E-state index is -0.535. The second-order valence-corrected chi connectivity index (χ2v) is 2.91. The first-order chi connectivity index (χ1) is 6.27. The SMILES string of the molecule is NC(C=O)Cc1ccccc1CF. The van der Waals surface area contributed by atoms with Crippen LogP contribution in [0.1, 0.15) is 11.1 Å². The number of benzene rings is 1. The zero-order chi connectivity index (χ0) is 9.68. The highest BCUT2D eigenvalue weighted by Crippen LogP contribution is 2.11. The maximum absolute atomic E-state index is 12.4. The molecular formula is C10H12FNO. The molecule has 3 heteroatoms. The Kier molecular flexibility index (Phi) is 3.58. The Labute approximate surface area is 76.6 Å². The van der Waals surface area contributed by atoms with E-state index in [-0.39, 0.29) is 0 Å². The molecule has 0 spiro atoms. The normalized spacial score (nSPS) is 12.5. The Morgan fingerprint density at radius 3 is 2.54 bits per heavy atom. The van der Waals surface area contributed by atoms with E-state index in [9.17, 15) is 9.18 Å². The lowest BCUT2D eigenvalue weighted by Crippen LogP contribution is -2.24. The molecule has 13 heavy (non-hydrogen) atoms. The Morgan fingerprint density at radius 1 is 1.38 bits per heavy atom. The van der Waals surface area contributed by atoms with Gasteiger partial charge in [-0.05, 0) is 17.5 Å². The van der Waals surface area contributed by atoms with Crippen molar-refractivity contribution in [2.45, 2.75) is 19.1 Å². The number of nitrogens with two attached hydrogens (primary N) is 1. The molecule has 2 N–H and O–H groups in total. The molecule has 70 valence electrons. The van der Waals surface area contributed by atoms with Crippen LogP contribution < -0.4 is 5.73 Å². The Morgan fingerprint density at radius 2 is 2.00 bits per heavy atom. The summed E-state index contributed by atoms with van der Waals surface area (Å²) in [7, 11) is 0. The van der Waals surface area contributed by atoms with Gasteiger partial charge in [-0.3, -0.25) is 0 Å². The number of rotatable bonds is 4. The second kappa shape index (κ2) is 4.72. The zero-order valence-electron chi connectivity index (χ0n) is 7.24. The average molecular weight is 181 g/mol. The van der Waals surface area contributed by atoms with Crippen LogP contribution in [0.25, 0.3) is 0 Å². The van der Waals surface area contributed by atoms with E-state index in [1.165, 1.54) is 0 Å². The van der Waals surface area contributed by atoms with Gasteiger partial charge in [-0.2, -0.15) is 0 Å². The van der Waals surface area contributed by atoms with E-state index in [0.29, 0.717) is 18.3 Å². The molecule has 0 aromatic heterocycles. The smallest absolute Gasteiger partial charge is 0.137 e. The lowest BCUT2D eigenvalue weighted by atomic mass is 10.0. The fourth-order valence-electron chi connectivity index (χ4n) is 1.19. The predicted octanol–water partition coefficient (Wildman–Crippen LogP) is 1.22. The largest absolute Gasteiger partial charge is 0.321 e. The van der Waals surface area contributed by atoms with Crippen molar-refractivity contribution in [3.63, 3.8) is 0 Å². The lowest BCUT2D eigenvalue weighted by Gasteiger charge is -2.07. The lowest BCUT2D eigenvalue weighted by molar-refractivity contribution is -0.108. The molecule has 2 nitrogen and oxygen atoms in total. The summed E-state index contributed by atoms with van der Waals surface area (Å²) >= 11 is 0. The summed E-state index contributed by atoms with van der Waals surface area (Å²) in [5, 5.41) is 0. The van der Waals surface area contributed by atoms with Gasteiger partial charge in [0.25, 0.3) is 0 Å². The van der Waals surface area contributed by atoms with E-state index in [1.807, 2.05) is 6.07 Å². The summed E-state index contributed by atoms with van der Waals surface area (Å²) in [5.74, 6) is 0. The van der Waals surface area contributed by atoms with Crippen molar-refractivity contribution in [3.8, 4) is 0 Å². The molecule has 1 aromatic rings. The van der Waals surface area contributed by atoms with Crippen LogP contribution in [-0.2, 0) is 17.9 Å². The third-order valence-electron chi connectivity index (χ3n) is 1.89. The number of halogens is 1. The van der Waals surface area contributed by atoms with Gasteiger partial charge in [0, 0.05) is 0 Å². The van der Waals surface area contributed by atoms with Crippen LogP contribution in [0.5, 0.6) is 0 Å². The summed E-state index contributed by atoms with van der Waals surface area (Å²) in [6.45, 7) is -0.512. The first kappa shape index (κ1) is 9.86. The highest BCUT2D eigenvalue weighted by molar-refractivity contribution is 5.58. The Hall–Kier alpha value is -1.22. The van der Waals surface area contributed by atoms with Gasteiger partial charge >= 0.3 is 0 Å². The van der Waals surface area contributed by atoms with Crippen molar-refractivity contribution in [1.82, 2.24) is 0 Å². The van der Waals surface area contributed by atoms with Crippen molar-refractivity contribution in [3.05, 3.63) is 35.4 Å². The van der Waals surface area contributed by atoms with E-state index < -0.39 is 12.7 Å². The van der Waals surface area contributed by atoms with Crippen LogP contribution in [0.3, 0.4) is 0 Å². The van der Waals surface area contributed by atoms with Crippen molar-refractivity contribution in [2.75, 3.05) is 0 Å². The van der Waals surface area contributed by atoms with Crippen LogP contribution in [0, 0.1) is 0 Å². The molecule has 0 amide bonds. The molecule has 0 saturated heterocycles. The molecule has 0 heterocycles. The summed E-state index contributed by atoms with van der Waals surface area (Å²) in [6.07, 6.45) is 1.08. The molecule has 0 aliphatic rings. The van der Waals surface area contributed by atoms with E-state index in [0.717, 1.165) is 5.56 Å². The number of carbonyl (C=O) groups excluding carboxylic acids is 1. The summed E-state index contributed by atoms with van der Waals surface area (Å²) < 4.78 is 12.4. The van der Waals surface area contributed by atoms with Crippen molar-refractivity contribution >= 4 is 6.29 Å². The summed E-state index contributed by atoms with van der Waals surface area (Å²) in [5.41, 5.74) is 6.86. The second-order valence-electron chi connectivity index (χ2n) is 2.91. The maximum Gasteiger partial charge on any atom is 0.137 e. The first-order valence-corrected chi connectivity index (χ1v) is 4.11. The molecular weight excluding hydrogens is 169 g/mol. The van der Waals surface area contributed by atoms with Gasteiger partial charge in [-0.25, -0.2) is 4.39 Å². The molecule has 0 radical (unpaired) electrons. The van der Waals surface area contributed by atoms with Gasteiger partial charge in [-0.1, -0.05) is 24.3 Å². The Bertz CT molecular complexity index is 288. The summed E-state index contributed by atoms with van der Waals surface area (Å²) in [4.78, 5) is 10.3. The van der Waals surface area contributed by atoms with E-state index in [4.69, 9.17) is 5.73 Å². The van der Waals surface area contributed by atoms with Crippen LogP contribution in [0.2, 0.25) is 0 Å². The van der Waals surface area contributed by atoms with Gasteiger partial charge in [-0.15, -0.1) is 0 Å².